The molecule has 2 rings (SSSR count). The number of anilines is 1. The number of ether oxygens (including phenoxy) is 1. The summed E-state index contributed by atoms with van der Waals surface area (Å²) in [4.78, 5) is 10.7. The Morgan fingerprint density at radius 1 is 1.29 bits per heavy atom. The first-order chi connectivity index (χ1) is 10.1. The number of nitrogens with one attached hydrogen (secondary N) is 1. The Balaban J connectivity index is 2.13. The van der Waals surface area contributed by atoms with Crippen molar-refractivity contribution in [2.75, 3.05) is 11.9 Å². The summed E-state index contributed by atoms with van der Waals surface area (Å²) in [6.07, 6.45) is 0. The molecule has 6 heteroatoms. The minimum absolute atomic E-state index is 0.0622. The quantitative estimate of drug-likeness (QED) is 0.620. The third-order valence-corrected chi connectivity index (χ3v) is 3.32. The fourth-order valence-electron chi connectivity index (χ4n) is 1.88. The Bertz CT molecular complexity index is 647. The number of nitrogens with zero attached hydrogens (tertiary/aromatic N) is 1. The third-order valence-electron chi connectivity index (χ3n) is 2.83. The molecule has 5 nitrogen and oxygen atoms in total. The predicted molar refractivity (Wildman–Crippen MR) is 85.7 cm³/mol. The maximum Gasteiger partial charge on any atom is 0.292 e. The van der Waals surface area contributed by atoms with Gasteiger partial charge >= 0.3 is 0 Å². The van der Waals surface area contributed by atoms with E-state index in [0.717, 1.165) is 10.0 Å². The van der Waals surface area contributed by atoms with Gasteiger partial charge in [-0.15, -0.1) is 0 Å². The molecule has 0 saturated carbocycles. The fraction of sp³-hybridized carbons (Fsp3) is 0.200. The van der Waals surface area contributed by atoms with Crippen molar-refractivity contribution < 1.29 is 9.66 Å². The topological polar surface area (TPSA) is 64.4 Å². The van der Waals surface area contributed by atoms with Crippen LogP contribution >= 0.6 is 15.9 Å². The zero-order chi connectivity index (χ0) is 15.2. The number of rotatable bonds is 6. The van der Waals surface area contributed by atoms with Gasteiger partial charge < -0.3 is 10.1 Å². The molecule has 0 saturated heterocycles. The highest BCUT2D eigenvalue weighted by Crippen LogP contribution is 2.26. The Labute approximate surface area is 131 Å². The van der Waals surface area contributed by atoms with Crippen LogP contribution in [0.4, 0.5) is 11.4 Å². The van der Waals surface area contributed by atoms with Gasteiger partial charge in [-0.05, 0) is 36.8 Å². The summed E-state index contributed by atoms with van der Waals surface area (Å²) in [6.45, 7) is 2.81. The molecule has 0 heterocycles. The van der Waals surface area contributed by atoms with Crippen LogP contribution in [0, 0.1) is 10.1 Å². The summed E-state index contributed by atoms with van der Waals surface area (Å²) in [5.41, 5.74) is 1.34. The van der Waals surface area contributed by atoms with Gasteiger partial charge in [0.25, 0.3) is 5.69 Å². The molecule has 0 bridgehead atoms. The smallest absolute Gasteiger partial charge is 0.292 e. The van der Waals surface area contributed by atoms with Crippen LogP contribution in [0.1, 0.15) is 12.5 Å². The lowest BCUT2D eigenvalue weighted by Crippen LogP contribution is -2.03. The van der Waals surface area contributed by atoms with Crippen LogP contribution in [-0.4, -0.2) is 11.5 Å². The summed E-state index contributed by atoms with van der Waals surface area (Å²) >= 11 is 3.37. The molecule has 2 aromatic rings. The molecular formula is C15H15BrN2O3. The van der Waals surface area contributed by atoms with Crippen LogP contribution < -0.4 is 10.1 Å². The zero-order valence-electron chi connectivity index (χ0n) is 11.5. The number of halogens is 1. The Hall–Kier alpha value is -2.08. The third kappa shape index (κ3) is 4.19. The van der Waals surface area contributed by atoms with Crippen LogP contribution in [0.3, 0.4) is 0 Å². The van der Waals surface area contributed by atoms with E-state index in [9.17, 15) is 10.1 Å². The maximum atomic E-state index is 11.1. The van der Waals surface area contributed by atoms with E-state index >= 15 is 0 Å². The van der Waals surface area contributed by atoms with Crippen molar-refractivity contribution in [2.24, 2.45) is 0 Å². The Morgan fingerprint density at radius 2 is 2.10 bits per heavy atom. The molecule has 0 aromatic heterocycles. The lowest BCUT2D eigenvalue weighted by molar-refractivity contribution is -0.384. The molecule has 110 valence electrons. The lowest BCUT2D eigenvalue weighted by Gasteiger charge is -2.09. The van der Waals surface area contributed by atoms with Crippen molar-refractivity contribution in [3.8, 4) is 5.75 Å². The van der Waals surface area contributed by atoms with Crippen molar-refractivity contribution in [3.05, 3.63) is 62.6 Å². The second-order valence-electron chi connectivity index (χ2n) is 4.38. The van der Waals surface area contributed by atoms with E-state index < -0.39 is 0 Å². The van der Waals surface area contributed by atoms with Gasteiger partial charge in [0.1, 0.15) is 18.0 Å². The minimum Gasteiger partial charge on any atom is -0.489 e. The van der Waals surface area contributed by atoms with Crippen molar-refractivity contribution in [2.45, 2.75) is 13.5 Å². The molecule has 0 atom stereocenters. The van der Waals surface area contributed by atoms with E-state index in [-0.39, 0.29) is 17.2 Å². The van der Waals surface area contributed by atoms with Gasteiger partial charge in [-0.1, -0.05) is 28.1 Å². The molecule has 2 aromatic carbocycles. The number of nitro groups is 1. The maximum absolute atomic E-state index is 11.1. The number of hydrogen-bond donors (Lipinski definition) is 1. The molecule has 0 radical (unpaired) electrons. The SMILES string of the molecule is CCNc1ccc(COc2cccc(Br)c2)cc1[N+](=O)[O-]. The van der Waals surface area contributed by atoms with E-state index in [1.807, 2.05) is 37.3 Å². The molecular weight excluding hydrogens is 336 g/mol. The zero-order valence-corrected chi connectivity index (χ0v) is 13.1. The van der Waals surface area contributed by atoms with E-state index in [2.05, 4.69) is 21.2 Å². The van der Waals surface area contributed by atoms with E-state index in [4.69, 9.17) is 4.74 Å². The monoisotopic (exact) mass is 350 g/mol. The van der Waals surface area contributed by atoms with Crippen molar-refractivity contribution >= 4 is 27.3 Å². The molecule has 0 fully saturated rings. The van der Waals surface area contributed by atoms with Crippen molar-refractivity contribution in [1.82, 2.24) is 0 Å². The van der Waals surface area contributed by atoms with Gasteiger partial charge in [-0.25, -0.2) is 0 Å². The average molecular weight is 351 g/mol. The fourth-order valence-corrected chi connectivity index (χ4v) is 2.26. The second-order valence-corrected chi connectivity index (χ2v) is 5.30. The molecule has 0 aliphatic heterocycles. The predicted octanol–water partition coefficient (Wildman–Crippen LogP) is 4.37. The van der Waals surface area contributed by atoms with E-state index in [1.165, 1.54) is 6.07 Å². The molecule has 21 heavy (non-hydrogen) atoms. The van der Waals surface area contributed by atoms with Crippen LogP contribution in [0.25, 0.3) is 0 Å². The highest BCUT2D eigenvalue weighted by Gasteiger charge is 2.14. The average Bonchev–Trinajstić information content (AvgIpc) is 2.46. The molecule has 0 spiro atoms. The van der Waals surface area contributed by atoms with Gasteiger partial charge in [0.15, 0.2) is 0 Å². The first-order valence-electron chi connectivity index (χ1n) is 6.49. The number of hydrogen-bond acceptors (Lipinski definition) is 4. The first kappa shape index (κ1) is 15.3. The largest absolute Gasteiger partial charge is 0.489 e. The van der Waals surface area contributed by atoms with Gasteiger partial charge in [0.2, 0.25) is 0 Å². The van der Waals surface area contributed by atoms with Gasteiger partial charge in [0, 0.05) is 17.1 Å². The van der Waals surface area contributed by atoms with Crippen molar-refractivity contribution in [1.29, 1.82) is 0 Å². The molecule has 0 aliphatic carbocycles. The van der Waals surface area contributed by atoms with Crippen LogP contribution in [0.2, 0.25) is 0 Å². The van der Waals surface area contributed by atoms with Crippen LogP contribution in [-0.2, 0) is 6.61 Å². The highest BCUT2D eigenvalue weighted by atomic mass is 79.9. The summed E-state index contributed by atoms with van der Waals surface area (Å²) < 4.78 is 6.56. The molecule has 0 amide bonds. The number of nitro benzene ring substituents is 1. The standard InChI is InChI=1S/C15H15BrN2O3/c1-2-17-14-7-6-11(8-15(14)18(19)20)10-21-13-5-3-4-12(16)9-13/h3-9,17H,2,10H2,1H3. The minimum atomic E-state index is -0.388. The lowest BCUT2D eigenvalue weighted by atomic mass is 10.2. The summed E-state index contributed by atoms with van der Waals surface area (Å²) in [5.74, 6) is 0.711. The summed E-state index contributed by atoms with van der Waals surface area (Å²) in [5, 5.41) is 14.1. The van der Waals surface area contributed by atoms with Gasteiger partial charge in [0.05, 0.1) is 4.92 Å². The van der Waals surface area contributed by atoms with Gasteiger partial charge in [-0.3, -0.25) is 10.1 Å². The molecule has 0 unspecified atom stereocenters. The molecule has 1 N–H and O–H groups in total. The Morgan fingerprint density at radius 3 is 2.76 bits per heavy atom. The second kappa shape index (κ2) is 7.08. The van der Waals surface area contributed by atoms with E-state index in [1.54, 1.807) is 6.07 Å². The van der Waals surface area contributed by atoms with Crippen molar-refractivity contribution in [3.63, 3.8) is 0 Å². The van der Waals surface area contributed by atoms with Crippen LogP contribution in [0.5, 0.6) is 5.75 Å². The first-order valence-corrected chi connectivity index (χ1v) is 7.29. The normalized spacial score (nSPS) is 10.2. The molecule has 0 aliphatic rings. The van der Waals surface area contributed by atoms with Crippen LogP contribution in [0.15, 0.2) is 46.9 Å². The van der Waals surface area contributed by atoms with E-state index in [0.29, 0.717) is 18.0 Å². The summed E-state index contributed by atoms with van der Waals surface area (Å²) in [6, 6.07) is 12.5. The summed E-state index contributed by atoms with van der Waals surface area (Å²) in [7, 11) is 0. The Kier molecular flexibility index (Phi) is 5.16. The highest BCUT2D eigenvalue weighted by molar-refractivity contribution is 9.10. The van der Waals surface area contributed by atoms with Gasteiger partial charge in [-0.2, -0.15) is 0 Å². The number of benzene rings is 2.